The Morgan fingerprint density at radius 1 is 1.50 bits per heavy atom. The number of anilines is 1. The molecule has 1 N–H and O–H groups in total. The van der Waals surface area contributed by atoms with E-state index in [-0.39, 0.29) is 5.91 Å². The Balaban J connectivity index is 2.56. The lowest BCUT2D eigenvalue weighted by molar-refractivity contribution is 0.0767. The van der Waals surface area contributed by atoms with E-state index >= 15 is 0 Å². The highest BCUT2D eigenvalue weighted by molar-refractivity contribution is 7.99. The zero-order valence-corrected chi connectivity index (χ0v) is 13.1. The van der Waals surface area contributed by atoms with Crippen molar-refractivity contribution in [2.75, 3.05) is 36.5 Å². The Morgan fingerprint density at radius 2 is 2.25 bits per heavy atom. The van der Waals surface area contributed by atoms with E-state index in [2.05, 4.69) is 16.9 Å². The number of carbonyl (C=O) groups is 1. The van der Waals surface area contributed by atoms with Crippen LogP contribution in [0.5, 0.6) is 0 Å². The minimum absolute atomic E-state index is 0.0142. The molecule has 0 aromatic carbocycles. The molecule has 0 bridgehead atoms. The molecule has 20 heavy (non-hydrogen) atoms. The molecule has 1 heterocycles. The lowest BCUT2D eigenvalue weighted by Crippen LogP contribution is -2.31. The van der Waals surface area contributed by atoms with Crippen LogP contribution in [0.4, 0.5) is 5.69 Å². The van der Waals surface area contributed by atoms with Crippen molar-refractivity contribution in [3.8, 4) is 0 Å². The molecule has 0 aliphatic carbocycles. The van der Waals surface area contributed by atoms with Gasteiger partial charge in [0.2, 0.25) is 0 Å². The molecule has 0 spiro atoms. The van der Waals surface area contributed by atoms with Crippen molar-refractivity contribution in [1.82, 2.24) is 9.88 Å². The van der Waals surface area contributed by atoms with Crippen LogP contribution in [0.2, 0.25) is 0 Å². The van der Waals surface area contributed by atoms with E-state index < -0.39 is 0 Å². The molecule has 0 radical (unpaired) electrons. The van der Waals surface area contributed by atoms with Crippen molar-refractivity contribution >= 4 is 23.4 Å². The van der Waals surface area contributed by atoms with Crippen molar-refractivity contribution in [3.63, 3.8) is 0 Å². The largest absolute Gasteiger partial charge is 0.384 e. The first kappa shape index (κ1) is 16.6. The molecule has 1 amide bonds. The summed E-state index contributed by atoms with van der Waals surface area (Å²) < 4.78 is 0. The average molecular weight is 293 g/mol. The van der Waals surface area contributed by atoms with Gasteiger partial charge in [0, 0.05) is 43.0 Å². The minimum atomic E-state index is -0.0142. The molecule has 4 nitrogen and oxygen atoms in total. The molecule has 0 saturated carbocycles. The highest BCUT2D eigenvalue weighted by Gasteiger charge is 2.13. The fourth-order valence-corrected chi connectivity index (χ4v) is 2.34. The SMILES string of the molecule is C=CCSCCNc1ccnc(C(=O)N(CC)CC)c1. The van der Waals surface area contributed by atoms with Gasteiger partial charge in [-0.15, -0.1) is 6.58 Å². The molecule has 5 heteroatoms. The third-order valence-corrected chi connectivity index (χ3v) is 3.81. The van der Waals surface area contributed by atoms with Crippen molar-refractivity contribution in [3.05, 3.63) is 36.7 Å². The summed E-state index contributed by atoms with van der Waals surface area (Å²) in [7, 11) is 0. The lowest BCUT2D eigenvalue weighted by Gasteiger charge is -2.18. The standard InChI is InChI=1S/C15H23N3OS/c1-4-10-20-11-9-16-13-7-8-17-14(12-13)15(19)18(5-2)6-3/h4,7-8,12H,1,5-6,9-11H2,2-3H3,(H,16,17). The number of amides is 1. The molecule has 1 rings (SSSR count). The fraction of sp³-hybridized carbons (Fsp3) is 0.467. The summed E-state index contributed by atoms with van der Waals surface area (Å²) in [5.41, 5.74) is 1.44. The normalized spacial score (nSPS) is 10.1. The summed E-state index contributed by atoms with van der Waals surface area (Å²) in [5, 5.41) is 3.31. The van der Waals surface area contributed by atoms with Gasteiger partial charge in [-0.05, 0) is 26.0 Å². The molecule has 0 unspecified atom stereocenters. The fourth-order valence-electron chi connectivity index (χ4n) is 1.76. The zero-order valence-electron chi connectivity index (χ0n) is 12.3. The van der Waals surface area contributed by atoms with Gasteiger partial charge in [0.25, 0.3) is 5.91 Å². The Bertz CT molecular complexity index is 433. The Morgan fingerprint density at radius 3 is 2.90 bits per heavy atom. The molecule has 0 aliphatic rings. The van der Waals surface area contributed by atoms with E-state index in [0.717, 1.165) is 23.7 Å². The molecular weight excluding hydrogens is 270 g/mol. The molecule has 0 atom stereocenters. The number of nitrogens with zero attached hydrogens (tertiary/aromatic N) is 2. The van der Waals surface area contributed by atoms with Gasteiger partial charge < -0.3 is 10.2 Å². The summed E-state index contributed by atoms with van der Waals surface area (Å²) in [4.78, 5) is 18.1. The topological polar surface area (TPSA) is 45.2 Å². The van der Waals surface area contributed by atoms with Gasteiger partial charge in [-0.25, -0.2) is 0 Å². The first-order chi connectivity index (χ1) is 9.72. The quantitative estimate of drug-likeness (QED) is 0.562. The number of hydrogen-bond acceptors (Lipinski definition) is 4. The number of rotatable bonds is 9. The first-order valence-electron chi connectivity index (χ1n) is 6.90. The predicted octanol–water partition coefficient (Wildman–Crippen LogP) is 2.89. The first-order valence-corrected chi connectivity index (χ1v) is 8.06. The summed E-state index contributed by atoms with van der Waals surface area (Å²) in [6.45, 7) is 9.90. The molecule has 1 aromatic heterocycles. The van der Waals surface area contributed by atoms with E-state index in [1.54, 1.807) is 11.1 Å². The summed E-state index contributed by atoms with van der Waals surface area (Å²) in [5.74, 6) is 1.96. The predicted molar refractivity (Wildman–Crippen MR) is 87.5 cm³/mol. The average Bonchev–Trinajstić information content (AvgIpc) is 2.48. The van der Waals surface area contributed by atoms with Gasteiger partial charge in [0.05, 0.1) is 0 Å². The number of pyridine rings is 1. The second-order valence-electron chi connectivity index (χ2n) is 4.20. The Kier molecular flexibility index (Phi) is 7.80. The van der Waals surface area contributed by atoms with E-state index in [1.807, 2.05) is 43.8 Å². The third-order valence-electron chi connectivity index (χ3n) is 2.84. The maximum Gasteiger partial charge on any atom is 0.272 e. The van der Waals surface area contributed by atoms with Crippen LogP contribution >= 0.6 is 11.8 Å². The second kappa shape index (κ2) is 9.42. The second-order valence-corrected chi connectivity index (χ2v) is 5.35. The number of thioether (sulfide) groups is 1. The third kappa shape index (κ3) is 5.25. The smallest absolute Gasteiger partial charge is 0.272 e. The van der Waals surface area contributed by atoms with Crippen LogP contribution in [0.1, 0.15) is 24.3 Å². The number of aromatic nitrogens is 1. The lowest BCUT2D eigenvalue weighted by atomic mass is 10.2. The zero-order chi connectivity index (χ0) is 14.8. The van der Waals surface area contributed by atoms with Crippen LogP contribution in [0.25, 0.3) is 0 Å². The maximum absolute atomic E-state index is 12.2. The van der Waals surface area contributed by atoms with Crippen LogP contribution in [0.3, 0.4) is 0 Å². The van der Waals surface area contributed by atoms with Crippen molar-refractivity contribution in [2.24, 2.45) is 0 Å². The Hall–Kier alpha value is -1.49. The van der Waals surface area contributed by atoms with Gasteiger partial charge >= 0.3 is 0 Å². The highest BCUT2D eigenvalue weighted by Crippen LogP contribution is 2.10. The van der Waals surface area contributed by atoms with Gasteiger partial charge in [-0.2, -0.15) is 11.8 Å². The summed E-state index contributed by atoms with van der Waals surface area (Å²) in [6.07, 6.45) is 3.58. The van der Waals surface area contributed by atoms with E-state index in [0.29, 0.717) is 18.8 Å². The van der Waals surface area contributed by atoms with E-state index in [4.69, 9.17) is 0 Å². The van der Waals surface area contributed by atoms with Gasteiger partial charge in [-0.1, -0.05) is 6.08 Å². The minimum Gasteiger partial charge on any atom is -0.384 e. The highest BCUT2D eigenvalue weighted by atomic mass is 32.2. The van der Waals surface area contributed by atoms with Crippen LogP contribution in [0, 0.1) is 0 Å². The molecule has 110 valence electrons. The van der Waals surface area contributed by atoms with Crippen molar-refractivity contribution in [2.45, 2.75) is 13.8 Å². The number of carbonyl (C=O) groups excluding carboxylic acids is 1. The van der Waals surface area contributed by atoms with Crippen LogP contribution in [-0.2, 0) is 0 Å². The van der Waals surface area contributed by atoms with Crippen LogP contribution in [0.15, 0.2) is 31.0 Å². The van der Waals surface area contributed by atoms with Crippen molar-refractivity contribution < 1.29 is 4.79 Å². The van der Waals surface area contributed by atoms with Crippen LogP contribution < -0.4 is 5.32 Å². The number of hydrogen-bond donors (Lipinski definition) is 1. The summed E-state index contributed by atoms with van der Waals surface area (Å²) >= 11 is 1.82. The maximum atomic E-state index is 12.2. The number of nitrogens with one attached hydrogen (secondary N) is 1. The molecule has 0 fully saturated rings. The molecular formula is C15H23N3OS. The van der Waals surface area contributed by atoms with E-state index in [1.165, 1.54) is 0 Å². The Labute approximate surface area is 125 Å². The molecule has 0 aliphatic heterocycles. The van der Waals surface area contributed by atoms with Crippen LogP contribution in [-0.4, -0.2) is 46.9 Å². The molecule has 1 aromatic rings. The molecule has 0 saturated heterocycles. The monoisotopic (exact) mass is 293 g/mol. The van der Waals surface area contributed by atoms with Gasteiger partial charge in [-0.3, -0.25) is 9.78 Å². The van der Waals surface area contributed by atoms with Gasteiger partial charge in [0.15, 0.2) is 0 Å². The van der Waals surface area contributed by atoms with E-state index in [9.17, 15) is 4.79 Å². The van der Waals surface area contributed by atoms with Gasteiger partial charge in [0.1, 0.15) is 5.69 Å². The van der Waals surface area contributed by atoms with Crippen molar-refractivity contribution in [1.29, 1.82) is 0 Å². The summed E-state index contributed by atoms with van der Waals surface area (Å²) in [6, 6.07) is 3.70.